The Kier molecular flexibility index (Phi) is 5.88. The number of likely N-dealkylation sites (N-methyl/N-ethyl adjacent to an activating group) is 1. The molecule has 0 amide bonds. The molecule has 2 aliphatic rings. The molecule has 1 N–H and O–H groups in total. The predicted molar refractivity (Wildman–Crippen MR) is 87.2 cm³/mol. The molecule has 0 bridgehead atoms. The molecule has 1 saturated carbocycles. The Hall–Kier alpha value is -0.120. The Labute approximate surface area is 126 Å². The van der Waals surface area contributed by atoms with E-state index in [9.17, 15) is 0 Å². The van der Waals surface area contributed by atoms with Crippen LogP contribution in [0.15, 0.2) is 0 Å². The molecule has 20 heavy (non-hydrogen) atoms. The molecular weight excluding hydrogens is 246 g/mol. The molecule has 2 fully saturated rings. The number of rotatable bonds is 4. The number of hydrogen-bond acceptors (Lipinski definition) is 3. The van der Waals surface area contributed by atoms with Crippen molar-refractivity contribution in [1.29, 1.82) is 0 Å². The van der Waals surface area contributed by atoms with Crippen molar-refractivity contribution in [3.05, 3.63) is 0 Å². The Bertz CT molecular complexity index is 282. The third kappa shape index (κ3) is 4.71. The molecule has 0 radical (unpaired) electrons. The predicted octanol–water partition coefficient (Wildman–Crippen LogP) is 2.57. The van der Waals surface area contributed by atoms with Crippen LogP contribution in [0.1, 0.15) is 52.9 Å². The van der Waals surface area contributed by atoms with Crippen molar-refractivity contribution >= 4 is 0 Å². The van der Waals surface area contributed by atoms with Crippen LogP contribution >= 0.6 is 0 Å². The third-order valence-corrected chi connectivity index (χ3v) is 5.44. The number of nitrogens with zero attached hydrogens (tertiary/aromatic N) is 2. The molecule has 1 heterocycles. The van der Waals surface area contributed by atoms with Gasteiger partial charge in [-0.2, -0.15) is 0 Å². The van der Waals surface area contributed by atoms with Crippen LogP contribution in [0.25, 0.3) is 0 Å². The van der Waals surface area contributed by atoms with Crippen LogP contribution in [0.3, 0.4) is 0 Å². The average Bonchev–Trinajstić information content (AvgIpc) is 2.62. The quantitative estimate of drug-likeness (QED) is 0.799. The maximum atomic E-state index is 3.88. The Balaban J connectivity index is 1.76. The van der Waals surface area contributed by atoms with E-state index in [-0.39, 0.29) is 0 Å². The van der Waals surface area contributed by atoms with Crippen LogP contribution in [0.2, 0.25) is 0 Å². The molecule has 1 aliphatic carbocycles. The van der Waals surface area contributed by atoms with E-state index in [0.29, 0.717) is 5.54 Å². The molecule has 1 saturated heterocycles. The molecule has 0 spiro atoms. The van der Waals surface area contributed by atoms with Crippen molar-refractivity contribution in [3.63, 3.8) is 0 Å². The fourth-order valence-electron chi connectivity index (χ4n) is 3.61. The normalized spacial score (nSPS) is 31.2. The van der Waals surface area contributed by atoms with Gasteiger partial charge < -0.3 is 10.2 Å². The summed E-state index contributed by atoms with van der Waals surface area (Å²) in [7, 11) is 2.23. The first kappa shape index (κ1) is 16.3. The SMILES string of the molecule is CC1CCCC(NCC(C)(C)N2CCN(C)CC2)CC1. The molecule has 0 aromatic carbocycles. The van der Waals surface area contributed by atoms with Gasteiger partial charge in [-0.1, -0.05) is 19.8 Å². The first-order valence-corrected chi connectivity index (χ1v) is 8.64. The van der Waals surface area contributed by atoms with Crippen molar-refractivity contribution in [2.24, 2.45) is 5.92 Å². The second-order valence-corrected chi connectivity index (χ2v) is 7.79. The topological polar surface area (TPSA) is 18.5 Å². The lowest BCUT2D eigenvalue weighted by atomic mass is 9.99. The Morgan fingerprint density at radius 3 is 2.40 bits per heavy atom. The summed E-state index contributed by atoms with van der Waals surface area (Å²) < 4.78 is 0. The maximum absolute atomic E-state index is 3.88. The van der Waals surface area contributed by atoms with Crippen molar-refractivity contribution in [3.8, 4) is 0 Å². The number of hydrogen-bond donors (Lipinski definition) is 1. The average molecular weight is 281 g/mol. The summed E-state index contributed by atoms with van der Waals surface area (Å²) in [6.45, 7) is 13.2. The molecule has 118 valence electrons. The van der Waals surface area contributed by atoms with Crippen LogP contribution in [-0.2, 0) is 0 Å². The zero-order valence-corrected chi connectivity index (χ0v) is 14.1. The van der Waals surface area contributed by atoms with E-state index < -0.39 is 0 Å². The van der Waals surface area contributed by atoms with Gasteiger partial charge in [-0.15, -0.1) is 0 Å². The lowest BCUT2D eigenvalue weighted by Gasteiger charge is -2.44. The molecule has 2 rings (SSSR count). The van der Waals surface area contributed by atoms with E-state index >= 15 is 0 Å². The maximum Gasteiger partial charge on any atom is 0.0278 e. The van der Waals surface area contributed by atoms with E-state index in [1.165, 1.54) is 58.3 Å². The summed E-state index contributed by atoms with van der Waals surface area (Å²) >= 11 is 0. The summed E-state index contributed by atoms with van der Waals surface area (Å²) in [6, 6.07) is 0.756. The van der Waals surface area contributed by atoms with Crippen LogP contribution in [0.5, 0.6) is 0 Å². The second-order valence-electron chi connectivity index (χ2n) is 7.79. The summed E-state index contributed by atoms with van der Waals surface area (Å²) in [5, 5.41) is 3.88. The zero-order chi connectivity index (χ0) is 14.6. The highest BCUT2D eigenvalue weighted by molar-refractivity contribution is 4.88. The lowest BCUT2D eigenvalue weighted by Crippen LogP contribution is -2.58. The van der Waals surface area contributed by atoms with Gasteiger partial charge in [-0.05, 0) is 46.1 Å². The van der Waals surface area contributed by atoms with Gasteiger partial charge in [0.1, 0.15) is 0 Å². The monoisotopic (exact) mass is 281 g/mol. The molecule has 3 heteroatoms. The summed E-state index contributed by atoms with van der Waals surface area (Å²) in [6.07, 6.45) is 7.00. The van der Waals surface area contributed by atoms with Gasteiger partial charge in [0, 0.05) is 44.3 Å². The first-order valence-electron chi connectivity index (χ1n) is 8.64. The lowest BCUT2D eigenvalue weighted by molar-refractivity contribution is 0.0597. The van der Waals surface area contributed by atoms with Crippen LogP contribution < -0.4 is 5.32 Å². The first-order chi connectivity index (χ1) is 9.47. The van der Waals surface area contributed by atoms with Crippen molar-refractivity contribution < 1.29 is 0 Å². The molecular formula is C17H35N3. The van der Waals surface area contributed by atoms with E-state index in [1.807, 2.05) is 0 Å². The van der Waals surface area contributed by atoms with Gasteiger partial charge in [0.2, 0.25) is 0 Å². The van der Waals surface area contributed by atoms with E-state index in [0.717, 1.165) is 18.5 Å². The van der Waals surface area contributed by atoms with Crippen LogP contribution in [-0.4, -0.2) is 61.2 Å². The highest BCUT2D eigenvalue weighted by Crippen LogP contribution is 2.23. The van der Waals surface area contributed by atoms with Crippen molar-refractivity contribution in [1.82, 2.24) is 15.1 Å². The highest BCUT2D eigenvalue weighted by atomic mass is 15.3. The molecule has 0 aromatic heterocycles. The van der Waals surface area contributed by atoms with Gasteiger partial charge in [0.05, 0.1) is 0 Å². The summed E-state index contributed by atoms with van der Waals surface area (Å²) in [5.41, 5.74) is 0.291. The molecule has 3 nitrogen and oxygen atoms in total. The van der Waals surface area contributed by atoms with E-state index in [1.54, 1.807) is 0 Å². The molecule has 0 aromatic rings. The fourth-order valence-corrected chi connectivity index (χ4v) is 3.61. The minimum atomic E-state index is 0.291. The number of nitrogens with one attached hydrogen (secondary N) is 1. The van der Waals surface area contributed by atoms with Gasteiger partial charge in [0.15, 0.2) is 0 Å². The van der Waals surface area contributed by atoms with Crippen LogP contribution in [0.4, 0.5) is 0 Å². The zero-order valence-electron chi connectivity index (χ0n) is 14.1. The second kappa shape index (κ2) is 7.24. The minimum Gasteiger partial charge on any atom is -0.312 e. The minimum absolute atomic E-state index is 0.291. The summed E-state index contributed by atoms with van der Waals surface area (Å²) in [5.74, 6) is 0.937. The van der Waals surface area contributed by atoms with Gasteiger partial charge in [-0.3, -0.25) is 4.90 Å². The van der Waals surface area contributed by atoms with Gasteiger partial charge in [0.25, 0.3) is 0 Å². The molecule has 2 unspecified atom stereocenters. The standard InChI is InChI=1S/C17H35N3/c1-15-6-5-7-16(9-8-15)18-14-17(2,3)20-12-10-19(4)11-13-20/h15-16,18H,5-14H2,1-4H3. The number of piperazine rings is 1. The van der Waals surface area contributed by atoms with Gasteiger partial charge >= 0.3 is 0 Å². The van der Waals surface area contributed by atoms with E-state index in [2.05, 4.69) is 42.9 Å². The molecule has 1 aliphatic heterocycles. The Morgan fingerprint density at radius 2 is 1.70 bits per heavy atom. The smallest absolute Gasteiger partial charge is 0.0278 e. The largest absolute Gasteiger partial charge is 0.312 e. The Morgan fingerprint density at radius 1 is 1.00 bits per heavy atom. The van der Waals surface area contributed by atoms with E-state index in [4.69, 9.17) is 0 Å². The highest BCUT2D eigenvalue weighted by Gasteiger charge is 2.29. The third-order valence-electron chi connectivity index (χ3n) is 5.44. The van der Waals surface area contributed by atoms with Crippen molar-refractivity contribution in [2.75, 3.05) is 39.8 Å². The van der Waals surface area contributed by atoms with Crippen molar-refractivity contribution in [2.45, 2.75) is 64.5 Å². The van der Waals surface area contributed by atoms with Gasteiger partial charge in [-0.25, -0.2) is 0 Å². The molecule has 2 atom stereocenters. The fraction of sp³-hybridized carbons (Fsp3) is 1.00. The summed E-state index contributed by atoms with van der Waals surface area (Å²) in [4.78, 5) is 5.10. The van der Waals surface area contributed by atoms with Crippen LogP contribution in [0, 0.1) is 5.92 Å².